The molecule has 0 amide bonds. The SMILES string of the molecule is CC(C)CNCc1nnc(N2C3CCC2CC(O)C3)o1. The van der Waals surface area contributed by atoms with Crippen LogP contribution in [0, 0.1) is 5.92 Å². The molecule has 2 saturated heterocycles. The van der Waals surface area contributed by atoms with Crippen molar-refractivity contribution in [1.82, 2.24) is 15.5 Å². The number of hydrogen-bond donors (Lipinski definition) is 2. The van der Waals surface area contributed by atoms with Gasteiger partial charge in [0.2, 0.25) is 5.89 Å². The van der Waals surface area contributed by atoms with E-state index in [-0.39, 0.29) is 6.10 Å². The molecule has 6 nitrogen and oxygen atoms in total. The lowest BCUT2D eigenvalue weighted by molar-refractivity contribution is 0.124. The smallest absolute Gasteiger partial charge is 0.318 e. The van der Waals surface area contributed by atoms with Crippen LogP contribution in [0.4, 0.5) is 6.01 Å². The second kappa shape index (κ2) is 5.69. The molecule has 2 aliphatic rings. The fourth-order valence-corrected chi connectivity index (χ4v) is 3.35. The molecule has 1 aromatic rings. The molecule has 20 heavy (non-hydrogen) atoms. The third-order valence-electron chi connectivity index (χ3n) is 4.21. The van der Waals surface area contributed by atoms with Gasteiger partial charge < -0.3 is 19.7 Å². The quantitative estimate of drug-likeness (QED) is 0.847. The number of anilines is 1. The molecule has 112 valence electrons. The predicted octanol–water partition coefficient (Wildman–Crippen LogP) is 1.31. The Bertz CT molecular complexity index is 434. The molecule has 2 N–H and O–H groups in total. The molecule has 0 aliphatic carbocycles. The van der Waals surface area contributed by atoms with Gasteiger partial charge in [-0.3, -0.25) is 0 Å². The van der Waals surface area contributed by atoms with E-state index >= 15 is 0 Å². The molecule has 2 bridgehead atoms. The van der Waals surface area contributed by atoms with Gasteiger partial charge in [-0.2, -0.15) is 0 Å². The van der Waals surface area contributed by atoms with E-state index in [1.807, 2.05) is 0 Å². The first-order valence-corrected chi connectivity index (χ1v) is 7.63. The number of hydrogen-bond acceptors (Lipinski definition) is 6. The second-order valence-corrected chi connectivity index (χ2v) is 6.42. The second-order valence-electron chi connectivity index (χ2n) is 6.42. The Morgan fingerprint density at radius 1 is 1.30 bits per heavy atom. The lowest BCUT2D eigenvalue weighted by Gasteiger charge is -2.35. The van der Waals surface area contributed by atoms with Gasteiger partial charge in [0, 0.05) is 12.1 Å². The highest BCUT2D eigenvalue weighted by atomic mass is 16.4. The monoisotopic (exact) mass is 280 g/mol. The summed E-state index contributed by atoms with van der Waals surface area (Å²) in [7, 11) is 0. The number of aliphatic hydroxyl groups excluding tert-OH is 1. The van der Waals surface area contributed by atoms with E-state index in [4.69, 9.17) is 4.42 Å². The van der Waals surface area contributed by atoms with E-state index in [0.29, 0.717) is 36.5 Å². The van der Waals surface area contributed by atoms with Crippen molar-refractivity contribution in [3.05, 3.63) is 5.89 Å². The van der Waals surface area contributed by atoms with Crippen LogP contribution in [-0.2, 0) is 6.54 Å². The van der Waals surface area contributed by atoms with Crippen molar-refractivity contribution in [3.63, 3.8) is 0 Å². The molecule has 0 spiro atoms. The van der Waals surface area contributed by atoms with Crippen molar-refractivity contribution in [3.8, 4) is 0 Å². The number of nitrogens with zero attached hydrogens (tertiary/aromatic N) is 3. The molecular formula is C14H24N4O2. The van der Waals surface area contributed by atoms with Crippen molar-refractivity contribution in [1.29, 1.82) is 0 Å². The first kappa shape index (κ1) is 13.8. The van der Waals surface area contributed by atoms with E-state index in [2.05, 4.69) is 34.3 Å². The molecule has 1 aromatic heterocycles. The van der Waals surface area contributed by atoms with Crippen molar-refractivity contribution in [2.75, 3.05) is 11.4 Å². The number of aromatic nitrogens is 2. The predicted molar refractivity (Wildman–Crippen MR) is 75.4 cm³/mol. The summed E-state index contributed by atoms with van der Waals surface area (Å²) in [4.78, 5) is 2.23. The molecule has 3 heterocycles. The highest BCUT2D eigenvalue weighted by Crippen LogP contribution is 2.38. The standard InChI is InChI=1S/C14H24N4O2/c1-9(2)7-15-8-13-16-17-14(20-13)18-10-3-4-11(18)6-12(19)5-10/h9-12,15,19H,3-8H2,1-2H3. The molecule has 2 atom stereocenters. The number of piperidine rings is 1. The Morgan fingerprint density at radius 2 is 2.00 bits per heavy atom. The number of rotatable bonds is 5. The zero-order chi connectivity index (χ0) is 14.1. The normalized spacial score (nSPS) is 29.4. The van der Waals surface area contributed by atoms with Crippen LogP contribution in [-0.4, -0.2) is 40.0 Å². The Balaban J connectivity index is 1.62. The summed E-state index contributed by atoms with van der Waals surface area (Å²) < 4.78 is 5.78. The molecular weight excluding hydrogens is 256 g/mol. The minimum Gasteiger partial charge on any atom is -0.407 e. The van der Waals surface area contributed by atoms with Crippen molar-refractivity contribution in [2.24, 2.45) is 5.92 Å². The Morgan fingerprint density at radius 3 is 2.65 bits per heavy atom. The van der Waals surface area contributed by atoms with E-state index in [9.17, 15) is 5.11 Å². The van der Waals surface area contributed by atoms with Crippen LogP contribution in [0.25, 0.3) is 0 Å². The summed E-state index contributed by atoms with van der Waals surface area (Å²) in [6.45, 7) is 5.90. The molecule has 2 unspecified atom stereocenters. The summed E-state index contributed by atoms with van der Waals surface area (Å²) in [5.41, 5.74) is 0. The maximum atomic E-state index is 9.82. The zero-order valence-electron chi connectivity index (χ0n) is 12.2. The molecule has 0 radical (unpaired) electrons. The van der Waals surface area contributed by atoms with Gasteiger partial charge in [-0.05, 0) is 38.1 Å². The van der Waals surface area contributed by atoms with E-state index in [1.54, 1.807) is 0 Å². The van der Waals surface area contributed by atoms with Gasteiger partial charge in [0.1, 0.15) is 0 Å². The average Bonchev–Trinajstić information content (AvgIpc) is 2.92. The number of nitrogens with one attached hydrogen (secondary N) is 1. The molecule has 2 fully saturated rings. The van der Waals surface area contributed by atoms with Crippen LogP contribution in [0.2, 0.25) is 0 Å². The lowest BCUT2D eigenvalue weighted by Crippen LogP contribution is -2.45. The molecule has 6 heteroatoms. The van der Waals surface area contributed by atoms with Crippen molar-refractivity contribution >= 4 is 6.01 Å². The summed E-state index contributed by atoms with van der Waals surface area (Å²) in [6, 6.07) is 1.35. The van der Waals surface area contributed by atoms with Crippen LogP contribution < -0.4 is 10.2 Å². The van der Waals surface area contributed by atoms with Gasteiger partial charge in [0.15, 0.2) is 0 Å². The average molecular weight is 280 g/mol. The fourth-order valence-electron chi connectivity index (χ4n) is 3.35. The first-order chi connectivity index (χ1) is 9.63. The number of fused-ring (bicyclic) bond motifs is 2. The van der Waals surface area contributed by atoms with E-state index in [1.165, 1.54) is 0 Å². The van der Waals surface area contributed by atoms with Gasteiger partial charge in [0.05, 0.1) is 12.6 Å². The summed E-state index contributed by atoms with van der Waals surface area (Å²) in [5, 5.41) is 21.4. The fraction of sp³-hybridized carbons (Fsp3) is 0.857. The van der Waals surface area contributed by atoms with E-state index < -0.39 is 0 Å². The zero-order valence-corrected chi connectivity index (χ0v) is 12.2. The third kappa shape index (κ3) is 2.81. The van der Waals surface area contributed by atoms with Crippen molar-refractivity contribution in [2.45, 2.75) is 64.3 Å². The van der Waals surface area contributed by atoms with Crippen LogP contribution in [0.5, 0.6) is 0 Å². The molecule has 0 aromatic carbocycles. The minimum absolute atomic E-state index is 0.168. The van der Waals surface area contributed by atoms with Gasteiger partial charge in [0.25, 0.3) is 0 Å². The van der Waals surface area contributed by atoms with Gasteiger partial charge in [-0.1, -0.05) is 18.9 Å². The van der Waals surface area contributed by atoms with E-state index in [0.717, 1.165) is 32.2 Å². The maximum absolute atomic E-state index is 9.82. The first-order valence-electron chi connectivity index (χ1n) is 7.63. The van der Waals surface area contributed by atoms with Gasteiger partial charge in [-0.25, -0.2) is 0 Å². The Labute approximate surface area is 119 Å². The molecule has 0 saturated carbocycles. The van der Waals surface area contributed by atoms with Crippen LogP contribution in [0.15, 0.2) is 4.42 Å². The molecule has 3 rings (SSSR count). The topological polar surface area (TPSA) is 74.4 Å². The largest absolute Gasteiger partial charge is 0.407 e. The van der Waals surface area contributed by atoms with Crippen LogP contribution in [0.1, 0.15) is 45.4 Å². The van der Waals surface area contributed by atoms with Gasteiger partial charge >= 0.3 is 6.01 Å². The summed E-state index contributed by atoms with van der Waals surface area (Å²) >= 11 is 0. The molecule has 2 aliphatic heterocycles. The van der Waals surface area contributed by atoms with Crippen LogP contribution >= 0.6 is 0 Å². The summed E-state index contributed by atoms with van der Waals surface area (Å²) in [5.74, 6) is 1.25. The lowest BCUT2D eigenvalue weighted by atomic mass is 10.0. The Hall–Kier alpha value is -1.14. The highest BCUT2D eigenvalue weighted by molar-refractivity contribution is 5.33. The maximum Gasteiger partial charge on any atom is 0.318 e. The van der Waals surface area contributed by atoms with Crippen molar-refractivity contribution < 1.29 is 9.52 Å². The van der Waals surface area contributed by atoms with Crippen LogP contribution in [0.3, 0.4) is 0 Å². The van der Waals surface area contributed by atoms with Gasteiger partial charge in [-0.15, -0.1) is 5.10 Å². The highest BCUT2D eigenvalue weighted by Gasteiger charge is 2.42. The Kier molecular flexibility index (Phi) is 3.94. The minimum atomic E-state index is -0.168. The summed E-state index contributed by atoms with van der Waals surface area (Å²) in [6.07, 6.45) is 3.70. The number of aliphatic hydroxyl groups is 1. The third-order valence-corrected chi connectivity index (χ3v) is 4.21.